The van der Waals surface area contributed by atoms with E-state index in [1.165, 1.54) is 0 Å². The minimum Gasteiger partial charge on any atom is -0.392 e. The number of fused-ring (bicyclic) bond motifs is 1. The van der Waals surface area contributed by atoms with Crippen molar-refractivity contribution in [2.45, 2.75) is 13.2 Å². The third-order valence-electron chi connectivity index (χ3n) is 2.28. The summed E-state index contributed by atoms with van der Waals surface area (Å²) < 4.78 is 0. The van der Waals surface area contributed by atoms with E-state index in [0.29, 0.717) is 0 Å². The van der Waals surface area contributed by atoms with E-state index in [2.05, 4.69) is 4.98 Å². The van der Waals surface area contributed by atoms with Crippen molar-refractivity contribution >= 4 is 10.9 Å². The van der Waals surface area contributed by atoms with Crippen molar-refractivity contribution in [3.05, 3.63) is 41.6 Å². The Bertz CT molecular complexity index is 411. The molecule has 2 aromatic rings. The zero-order valence-electron chi connectivity index (χ0n) is 7.64. The average Bonchev–Trinajstić information content (AvgIpc) is 2.27. The van der Waals surface area contributed by atoms with E-state index < -0.39 is 0 Å². The summed E-state index contributed by atoms with van der Waals surface area (Å²) in [6, 6.07) is 7.33. The van der Waals surface area contributed by atoms with Crippen molar-refractivity contribution in [1.29, 1.82) is 0 Å². The Morgan fingerprint density at radius 2 is 1.71 bits per heavy atom. The zero-order valence-corrected chi connectivity index (χ0v) is 7.64. The highest BCUT2D eigenvalue weighted by atomic mass is 16.3. The molecule has 2 rings (SSSR count). The quantitative estimate of drug-likeness (QED) is 0.746. The molecular formula is C11H11NO2. The molecule has 0 bridgehead atoms. The molecule has 0 unspecified atom stereocenters. The summed E-state index contributed by atoms with van der Waals surface area (Å²) in [7, 11) is 0. The lowest BCUT2D eigenvalue weighted by Gasteiger charge is -2.06. The van der Waals surface area contributed by atoms with Gasteiger partial charge in [-0.25, -0.2) is 0 Å². The van der Waals surface area contributed by atoms with Crippen LogP contribution < -0.4 is 0 Å². The van der Waals surface area contributed by atoms with E-state index in [-0.39, 0.29) is 13.2 Å². The Balaban J connectivity index is 2.78. The van der Waals surface area contributed by atoms with E-state index >= 15 is 0 Å². The summed E-state index contributed by atoms with van der Waals surface area (Å²) in [6.45, 7) is -0.0346. The van der Waals surface area contributed by atoms with Gasteiger partial charge < -0.3 is 10.2 Å². The number of benzene rings is 1. The molecule has 0 saturated carbocycles. The Morgan fingerprint density at radius 1 is 1.00 bits per heavy atom. The predicted molar refractivity (Wildman–Crippen MR) is 53.6 cm³/mol. The second-order valence-corrected chi connectivity index (χ2v) is 3.10. The molecule has 2 N–H and O–H groups in total. The first-order valence-corrected chi connectivity index (χ1v) is 4.44. The van der Waals surface area contributed by atoms with Gasteiger partial charge in [0.2, 0.25) is 0 Å². The number of aliphatic hydroxyl groups is 2. The molecule has 3 nitrogen and oxygen atoms in total. The van der Waals surface area contributed by atoms with Crippen LogP contribution >= 0.6 is 0 Å². The first kappa shape index (κ1) is 9.12. The highest BCUT2D eigenvalue weighted by molar-refractivity contribution is 5.84. The van der Waals surface area contributed by atoms with Gasteiger partial charge in [0.15, 0.2) is 0 Å². The Morgan fingerprint density at radius 3 is 2.43 bits per heavy atom. The van der Waals surface area contributed by atoms with Gasteiger partial charge in [-0.05, 0) is 11.6 Å². The van der Waals surface area contributed by atoms with Crippen molar-refractivity contribution < 1.29 is 10.2 Å². The minimum atomic E-state index is -0.0285. The largest absolute Gasteiger partial charge is 0.392 e. The second kappa shape index (κ2) is 3.74. The lowest BCUT2D eigenvalue weighted by atomic mass is 10.0. The van der Waals surface area contributed by atoms with Crippen LogP contribution in [0.3, 0.4) is 0 Å². The number of hydrogen-bond acceptors (Lipinski definition) is 3. The lowest BCUT2D eigenvalue weighted by Crippen LogP contribution is -1.93. The first-order valence-electron chi connectivity index (χ1n) is 4.44. The van der Waals surface area contributed by atoms with E-state index in [1.54, 1.807) is 12.3 Å². The molecule has 0 spiro atoms. The molecule has 0 fully saturated rings. The van der Waals surface area contributed by atoms with Crippen LogP contribution in [-0.2, 0) is 13.2 Å². The van der Waals surface area contributed by atoms with Crippen LogP contribution in [0.4, 0.5) is 0 Å². The molecule has 1 heterocycles. The Labute approximate surface area is 81.7 Å². The van der Waals surface area contributed by atoms with E-state index in [4.69, 9.17) is 10.2 Å². The summed E-state index contributed by atoms with van der Waals surface area (Å²) in [5.41, 5.74) is 2.39. The molecule has 0 saturated heterocycles. The monoisotopic (exact) mass is 189 g/mol. The summed E-state index contributed by atoms with van der Waals surface area (Å²) in [5.74, 6) is 0. The molecule has 0 aliphatic carbocycles. The van der Waals surface area contributed by atoms with Crippen molar-refractivity contribution in [1.82, 2.24) is 4.98 Å². The normalized spacial score (nSPS) is 10.7. The van der Waals surface area contributed by atoms with Gasteiger partial charge in [0.05, 0.1) is 18.7 Å². The van der Waals surface area contributed by atoms with E-state index in [9.17, 15) is 0 Å². The highest BCUT2D eigenvalue weighted by Crippen LogP contribution is 2.20. The van der Waals surface area contributed by atoms with Crippen LogP contribution in [0.2, 0.25) is 0 Å². The number of nitrogens with zero attached hydrogens (tertiary/aromatic N) is 1. The molecule has 0 radical (unpaired) electrons. The maximum atomic E-state index is 9.11. The standard InChI is InChI=1S/C11H11NO2/c13-6-8-3-4-9(7-14)11-10(8)2-1-5-12-11/h1-5,13-14H,6-7H2. The van der Waals surface area contributed by atoms with Gasteiger partial charge in [0, 0.05) is 17.1 Å². The summed E-state index contributed by atoms with van der Waals surface area (Å²) in [4.78, 5) is 4.19. The maximum absolute atomic E-state index is 9.11. The van der Waals surface area contributed by atoms with Crippen molar-refractivity contribution in [3.8, 4) is 0 Å². The molecule has 1 aromatic carbocycles. The molecular weight excluding hydrogens is 178 g/mol. The van der Waals surface area contributed by atoms with E-state index in [1.807, 2.05) is 18.2 Å². The Kier molecular flexibility index (Phi) is 2.43. The fourth-order valence-electron chi connectivity index (χ4n) is 1.56. The van der Waals surface area contributed by atoms with Gasteiger partial charge in [-0.1, -0.05) is 18.2 Å². The van der Waals surface area contributed by atoms with Gasteiger partial charge in [-0.2, -0.15) is 0 Å². The highest BCUT2D eigenvalue weighted by Gasteiger charge is 2.04. The smallest absolute Gasteiger partial charge is 0.0760 e. The molecule has 72 valence electrons. The molecule has 0 atom stereocenters. The molecule has 0 aliphatic heterocycles. The van der Waals surface area contributed by atoms with Crippen LogP contribution in [0.5, 0.6) is 0 Å². The van der Waals surface area contributed by atoms with E-state index in [0.717, 1.165) is 22.0 Å². The van der Waals surface area contributed by atoms with Crippen LogP contribution in [0.1, 0.15) is 11.1 Å². The predicted octanol–water partition coefficient (Wildman–Crippen LogP) is 1.22. The second-order valence-electron chi connectivity index (χ2n) is 3.10. The average molecular weight is 189 g/mol. The minimum absolute atomic E-state index is 0.00605. The summed E-state index contributed by atoms with van der Waals surface area (Å²) in [5, 5.41) is 19.1. The number of aromatic nitrogens is 1. The van der Waals surface area contributed by atoms with Crippen molar-refractivity contribution in [2.75, 3.05) is 0 Å². The maximum Gasteiger partial charge on any atom is 0.0760 e. The number of rotatable bonds is 2. The number of hydrogen-bond donors (Lipinski definition) is 2. The van der Waals surface area contributed by atoms with Crippen LogP contribution in [0.15, 0.2) is 30.5 Å². The first-order chi connectivity index (χ1) is 6.86. The molecule has 0 amide bonds. The topological polar surface area (TPSA) is 53.4 Å². The fraction of sp³-hybridized carbons (Fsp3) is 0.182. The van der Waals surface area contributed by atoms with Crippen LogP contribution in [0.25, 0.3) is 10.9 Å². The van der Waals surface area contributed by atoms with Crippen LogP contribution in [-0.4, -0.2) is 15.2 Å². The van der Waals surface area contributed by atoms with Crippen molar-refractivity contribution in [2.24, 2.45) is 0 Å². The van der Waals surface area contributed by atoms with Gasteiger partial charge >= 0.3 is 0 Å². The third kappa shape index (κ3) is 1.36. The third-order valence-corrected chi connectivity index (χ3v) is 2.28. The van der Waals surface area contributed by atoms with Crippen LogP contribution in [0, 0.1) is 0 Å². The van der Waals surface area contributed by atoms with Crippen molar-refractivity contribution in [3.63, 3.8) is 0 Å². The molecule has 0 aliphatic rings. The molecule has 1 aromatic heterocycles. The fourth-order valence-corrected chi connectivity index (χ4v) is 1.56. The van der Waals surface area contributed by atoms with Gasteiger partial charge in [-0.3, -0.25) is 4.98 Å². The molecule has 3 heteroatoms. The van der Waals surface area contributed by atoms with Gasteiger partial charge in [0.25, 0.3) is 0 Å². The number of aliphatic hydroxyl groups excluding tert-OH is 2. The zero-order chi connectivity index (χ0) is 9.97. The Hall–Kier alpha value is -1.45. The summed E-state index contributed by atoms with van der Waals surface area (Å²) >= 11 is 0. The molecule has 14 heavy (non-hydrogen) atoms. The SMILES string of the molecule is OCc1ccc(CO)c2ncccc12. The summed E-state index contributed by atoms with van der Waals surface area (Å²) in [6.07, 6.45) is 1.68. The number of pyridine rings is 1. The van der Waals surface area contributed by atoms with Gasteiger partial charge in [0.1, 0.15) is 0 Å². The van der Waals surface area contributed by atoms with Gasteiger partial charge in [-0.15, -0.1) is 0 Å². The lowest BCUT2D eigenvalue weighted by molar-refractivity contribution is 0.280.